The molecule has 0 heterocycles. The van der Waals surface area contributed by atoms with Crippen LogP contribution < -0.4 is 5.11 Å². The van der Waals surface area contributed by atoms with Gasteiger partial charge in [-0.25, -0.2) is 4.79 Å². The Hall–Kier alpha value is -1.92. The van der Waals surface area contributed by atoms with Crippen molar-refractivity contribution in [3.63, 3.8) is 0 Å². The van der Waals surface area contributed by atoms with E-state index in [0.29, 0.717) is 16.6 Å². The van der Waals surface area contributed by atoms with Crippen LogP contribution in [0.3, 0.4) is 0 Å². The monoisotopic (exact) mass is 295 g/mol. The van der Waals surface area contributed by atoms with Crippen molar-refractivity contribution in [3.05, 3.63) is 35.9 Å². The summed E-state index contributed by atoms with van der Waals surface area (Å²) in [5, 5.41) is 20.7. The normalized spacial score (nSPS) is 14.3. The number of quaternary nitrogens is 1. The van der Waals surface area contributed by atoms with Gasteiger partial charge in [-0.15, -0.1) is 0 Å². The van der Waals surface area contributed by atoms with Crippen molar-refractivity contribution >= 4 is 11.9 Å². The molecule has 0 aromatic heterocycles. The molecule has 0 aliphatic rings. The maximum Gasteiger partial charge on any atom is 0.340 e. The van der Waals surface area contributed by atoms with Crippen LogP contribution in [0.2, 0.25) is 0 Å². The predicted octanol–water partition coefficient (Wildman–Crippen LogP) is -0.522. The van der Waals surface area contributed by atoms with Crippen LogP contribution in [-0.4, -0.2) is 55.3 Å². The van der Waals surface area contributed by atoms with Crippen molar-refractivity contribution < 1.29 is 29.0 Å². The number of likely N-dealkylation sites (N-methyl/N-ethyl adjacent to an activating group) is 1. The summed E-state index contributed by atoms with van der Waals surface area (Å²) >= 11 is 0. The first-order valence-electron chi connectivity index (χ1n) is 6.63. The molecule has 0 aliphatic heterocycles. The third-order valence-electron chi connectivity index (χ3n) is 2.77. The summed E-state index contributed by atoms with van der Waals surface area (Å²) in [5.41, 5.74) is 0.403. The highest BCUT2D eigenvalue weighted by Crippen LogP contribution is 2.16. The molecule has 0 fully saturated rings. The summed E-state index contributed by atoms with van der Waals surface area (Å²) in [6.07, 6.45) is -2.67. The van der Waals surface area contributed by atoms with Gasteiger partial charge in [0.05, 0.1) is 21.1 Å². The van der Waals surface area contributed by atoms with Crippen LogP contribution in [-0.2, 0) is 14.3 Å². The van der Waals surface area contributed by atoms with E-state index >= 15 is 0 Å². The number of carboxylic acid groups (broad SMARTS) is 1. The number of ether oxygens (including phenoxy) is 1. The Kier molecular flexibility index (Phi) is 5.87. The molecule has 0 saturated heterocycles. The summed E-state index contributed by atoms with van der Waals surface area (Å²) < 4.78 is 5.55. The standard InChI is InChI=1S/C15H21NO5/c1-16(2,3)10-12(9-13(17)18)21-15(20)14(19)11-7-5-4-6-8-11/h4-8,12,14,19H,9-10H2,1-3H3/t12-,14?/m1/s1. The van der Waals surface area contributed by atoms with E-state index < -0.39 is 30.6 Å². The van der Waals surface area contributed by atoms with Gasteiger partial charge in [0.2, 0.25) is 0 Å². The first-order chi connectivity index (χ1) is 9.69. The van der Waals surface area contributed by atoms with Gasteiger partial charge in [0.15, 0.2) is 12.2 Å². The number of hydrogen-bond acceptors (Lipinski definition) is 5. The fraction of sp³-hybridized carbons (Fsp3) is 0.467. The number of benzene rings is 1. The van der Waals surface area contributed by atoms with Gasteiger partial charge in [0.1, 0.15) is 6.54 Å². The van der Waals surface area contributed by atoms with Crippen LogP contribution >= 0.6 is 0 Å². The topological polar surface area (TPSA) is 86.7 Å². The van der Waals surface area contributed by atoms with Gasteiger partial charge >= 0.3 is 5.97 Å². The van der Waals surface area contributed by atoms with Crippen molar-refractivity contribution in [2.45, 2.75) is 18.6 Å². The highest BCUT2D eigenvalue weighted by atomic mass is 16.6. The Morgan fingerprint density at radius 3 is 2.29 bits per heavy atom. The molecule has 0 radical (unpaired) electrons. The molecule has 116 valence electrons. The van der Waals surface area contributed by atoms with Crippen molar-refractivity contribution in [1.29, 1.82) is 0 Å². The van der Waals surface area contributed by atoms with E-state index in [9.17, 15) is 19.8 Å². The summed E-state index contributed by atoms with van der Waals surface area (Å²) in [4.78, 5) is 22.7. The number of hydrogen-bond donors (Lipinski definition) is 1. The predicted molar refractivity (Wildman–Crippen MR) is 73.8 cm³/mol. The molecule has 2 atom stereocenters. The maximum atomic E-state index is 11.9. The number of esters is 1. The van der Waals surface area contributed by atoms with E-state index in [-0.39, 0.29) is 0 Å². The van der Waals surface area contributed by atoms with Crippen LogP contribution in [0.25, 0.3) is 0 Å². The molecule has 0 bridgehead atoms. The lowest BCUT2D eigenvalue weighted by Crippen LogP contribution is -2.45. The molecular weight excluding hydrogens is 274 g/mol. The molecule has 0 amide bonds. The van der Waals surface area contributed by atoms with Gasteiger partial charge in [-0.05, 0) is 5.56 Å². The van der Waals surface area contributed by atoms with E-state index in [1.807, 2.05) is 21.1 Å². The van der Waals surface area contributed by atoms with Gasteiger partial charge < -0.3 is 24.2 Å². The molecule has 1 rings (SSSR count). The van der Waals surface area contributed by atoms with Crippen LogP contribution in [0.5, 0.6) is 0 Å². The zero-order valence-corrected chi connectivity index (χ0v) is 12.5. The van der Waals surface area contributed by atoms with Crippen molar-refractivity contribution in [2.24, 2.45) is 0 Å². The van der Waals surface area contributed by atoms with Crippen LogP contribution in [0, 0.1) is 0 Å². The van der Waals surface area contributed by atoms with Crippen LogP contribution in [0.15, 0.2) is 30.3 Å². The average molecular weight is 295 g/mol. The summed E-state index contributed by atoms with van der Waals surface area (Å²) in [6.45, 7) is 0.307. The van der Waals surface area contributed by atoms with E-state index in [2.05, 4.69) is 0 Å². The second-order valence-electron chi connectivity index (χ2n) is 5.92. The number of nitrogens with zero attached hydrogens (tertiary/aromatic N) is 1. The number of carbonyl (C=O) groups is 2. The molecule has 21 heavy (non-hydrogen) atoms. The number of aliphatic hydroxyl groups excluding tert-OH is 1. The number of carboxylic acids is 1. The number of aliphatic carboxylic acids is 1. The van der Waals surface area contributed by atoms with Gasteiger partial charge in [-0.3, -0.25) is 0 Å². The highest BCUT2D eigenvalue weighted by molar-refractivity contribution is 5.76. The SMILES string of the molecule is C[N+](C)(C)C[C@@H](CC(=O)[O-])OC(=O)C(O)c1ccccc1. The Labute approximate surface area is 124 Å². The summed E-state index contributed by atoms with van der Waals surface area (Å²) in [5.74, 6) is -2.16. The van der Waals surface area contributed by atoms with E-state index in [1.54, 1.807) is 30.3 Å². The molecule has 1 aromatic rings. The Bertz CT molecular complexity index is 481. The Balaban J connectivity index is 2.73. The molecule has 0 saturated carbocycles. The molecule has 1 N–H and O–H groups in total. The largest absolute Gasteiger partial charge is 0.550 e. The lowest BCUT2D eigenvalue weighted by Gasteiger charge is -2.29. The van der Waals surface area contributed by atoms with E-state index in [4.69, 9.17) is 4.74 Å². The third kappa shape index (κ3) is 6.37. The average Bonchev–Trinajstić information content (AvgIpc) is 2.36. The Morgan fingerprint density at radius 1 is 1.24 bits per heavy atom. The van der Waals surface area contributed by atoms with Gasteiger partial charge in [-0.2, -0.15) is 0 Å². The Morgan fingerprint density at radius 2 is 1.81 bits per heavy atom. The smallest absolute Gasteiger partial charge is 0.340 e. The van der Waals surface area contributed by atoms with Crippen LogP contribution in [0.1, 0.15) is 18.1 Å². The van der Waals surface area contributed by atoms with E-state index in [1.165, 1.54) is 0 Å². The molecule has 0 aliphatic carbocycles. The quantitative estimate of drug-likeness (QED) is 0.540. The van der Waals surface area contributed by atoms with Gasteiger partial charge in [0, 0.05) is 12.4 Å². The number of rotatable bonds is 7. The summed E-state index contributed by atoms with van der Waals surface area (Å²) in [6, 6.07) is 8.34. The molecule has 6 heteroatoms. The van der Waals surface area contributed by atoms with Crippen molar-refractivity contribution in [3.8, 4) is 0 Å². The third-order valence-corrected chi connectivity index (χ3v) is 2.77. The zero-order chi connectivity index (χ0) is 16.0. The fourth-order valence-corrected chi connectivity index (χ4v) is 1.94. The zero-order valence-electron chi connectivity index (χ0n) is 12.5. The highest BCUT2D eigenvalue weighted by Gasteiger charge is 2.26. The lowest BCUT2D eigenvalue weighted by molar-refractivity contribution is -0.873. The number of carbonyl (C=O) groups excluding carboxylic acids is 2. The minimum absolute atomic E-state index is 0.307. The van der Waals surface area contributed by atoms with Crippen LogP contribution in [0.4, 0.5) is 0 Å². The molecule has 1 aromatic carbocycles. The first-order valence-corrected chi connectivity index (χ1v) is 6.63. The molecule has 1 unspecified atom stereocenters. The summed E-state index contributed by atoms with van der Waals surface area (Å²) in [7, 11) is 5.55. The van der Waals surface area contributed by atoms with Crippen molar-refractivity contribution in [2.75, 3.05) is 27.7 Å². The molecular formula is C15H21NO5. The van der Waals surface area contributed by atoms with Gasteiger partial charge in [-0.1, -0.05) is 30.3 Å². The molecule has 6 nitrogen and oxygen atoms in total. The lowest BCUT2D eigenvalue weighted by atomic mass is 10.1. The van der Waals surface area contributed by atoms with E-state index in [0.717, 1.165) is 0 Å². The minimum atomic E-state index is -1.43. The fourth-order valence-electron chi connectivity index (χ4n) is 1.94. The molecule has 0 spiro atoms. The number of aliphatic hydroxyl groups is 1. The first kappa shape index (κ1) is 17.1. The van der Waals surface area contributed by atoms with Gasteiger partial charge in [0.25, 0.3) is 0 Å². The maximum absolute atomic E-state index is 11.9. The second-order valence-corrected chi connectivity index (χ2v) is 5.92. The second kappa shape index (κ2) is 7.19. The van der Waals surface area contributed by atoms with Crippen molar-refractivity contribution in [1.82, 2.24) is 0 Å². The minimum Gasteiger partial charge on any atom is -0.550 e.